The standard InChI is InChI=1S/C44H52N10O2/c1-29(35-27-48-42(49-35)37-20-15-25-54(37)44(56)39(52(6)7)33-18-13-10-14-19-33)26-46-41(45-3)34-23-21-31(22-24-34)36-28-47-40(50-36)30(2)53(8)43(55)38(51(4)5)32-16-11-9-12-17-32/h9-14,16-19,21-24,26-28,30,37-39H,3,15,20,25H2,1-2,4-8H3,(H,47,50)(H,48,49)/b29-26+,46-41?/t30-,37-,38+,39+/m0/s1. The first-order chi connectivity index (χ1) is 27.0. The number of hydrogen-bond acceptors (Lipinski definition) is 7. The van der Waals surface area contributed by atoms with Crippen molar-refractivity contribution in [1.29, 1.82) is 0 Å². The van der Waals surface area contributed by atoms with Gasteiger partial charge in [-0.25, -0.2) is 20.0 Å². The van der Waals surface area contributed by atoms with E-state index in [0.717, 1.165) is 57.9 Å². The molecule has 12 heteroatoms. The molecule has 6 rings (SSSR count). The molecule has 1 aliphatic rings. The molecule has 290 valence electrons. The maximum atomic E-state index is 13.9. The van der Waals surface area contributed by atoms with Crippen LogP contribution in [0.1, 0.15) is 84.9 Å². The number of H-pyrrole nitrogens is 2. The molecule has 1 saturated heterocycles. The Balaban J connectivity index is 1.12. The van der Waals surface area contributed by atoms with Gasteiger partial charge >= 0.3 is 0 Å². The van der Waals surface area contributed by atoms with Gasteiger partial charge in [0.25, 0.3) is 0 Å². The molecule has 2 amide bonds. The number of imidazole rings is 2. The highest BCUT2D eigenvalue weighted by molar-refractivity contribution is 6.02. The van der Waals surface area contributed by atoms with Crippen LogP contribution < -0.4 is 0 Å². The molecule has 0 unspecified atom stereocenters. The lowest BCUT2D eigenvalue weighted by Crippen LogP contribution is -2.40. The van der Waals surface area contributed by atoms with Gasteiger partial charge in [0.05, 0.1) is 35.9 Å². The molecule has 1 fully saturated rings. The minimum atomic E-state index is -0.405. The minimum absolute atomic E-state index is 0.0122. The first kappa shape index (κ1) is 39.7. The van der Waals surface area contributed by atoms with E-state index in [1.54, 1.807) is 23.5 Å². The van der Waals surface area contributed by atoms with Gasteiger partial charge in [0, 0.05) is 25.4 Å². The zero-order valence-corrected chi connectivity index (χ0v) is 33.3. The Hall–Kier alpha value is -5.98. The second-order valence-electron chi connectivity index (χ2n) is 14.7. The molecule has 0 radical (unpaired) electrons. The molecule has 56 heavy (non-hydrogen) atoms. The van der Waals surface area contributed by atoms with Gasteiger partial charge in [0.2, 0.25) is 11.8 Å². The normalized spacial score (nSPS) is 16.6. The highest BCUT2D eigenvalue weighted by atomic mass is 16.2. The summed E-state index contributed by atoms with van der Waals surface area (Å²) < 4.78 is 0. The molecule has 1 aliphatic heterocycles. The lowest BCUT2D eigenvalue weighted by molar-refractivity contribution is -0.138. The number of aliphatic imine (C=N–C) groups is 2. The van der Waals surface area contributed by atoms with Crippen molar-refractivity contribution in [3.05, 3.63) is 138 Å². The number of nitrogens with one attached hydrogen (secondary N) is 2. The fraction of sp³-hybridized carbons (Fsp3) is 0.318. The maximum Gasteiger partial charge on any atom is 0.245 e. The highest BCUT2D eigenvalue weighted by Crippen LogP contribution is 2.35. The Morgan fingerprint density at radius 3 is 2.09 bits per heavy atom. The smallest absolute Gasteiger partial charge is 0.245 e. The van der Waals surface area contributed by atoms with Crippen LogP contribution in [0.3, 0.4) is 0 Å². The summed E-state index contributed by atoms with van der Waals surface area (Å²) in [6.07, 6.45) is 7.10. The fourth-order valence-corrected chi connectivity index (χ4v) is 7.27. The van der Waals surface area contributed by atoms with E-state index in [1.807, 2.05) is 149 Å². The Bertz CT molecular complexity index is 2170. The van der Waals surface area contributed by atoms with Crippen LogP contribution in [0.5, 0.6) is 0 Å². The molecule has 3 heterocycles. The van der Waals surface area contributed by atoms with Crippen molar-refractivity contribution in [3.63, 3.8) is 0 Å². The van der Waals surface area contributed by atoms with Crippen molar-refractivity contribution >= 4 is 29.9 Å². The summed E-state index contributed by atoms with van der Waals surface area (Å²) >= 11 is 0. The number of carbonyl (C=O) groups is 2. The number of benzene rings is 3. The molecule has 0 bridgehead atoms. The van der Waals surface area contributed by atoms with E-state index >= 15 is 0 Å². The SMILES string of the molecule is C=NC(=N/C=C(\C)c1cnc([C@@H]2CCCN2C(=O)[C@@H](c2ccccc2)N(C)C)[nH]1)c1ccc(-c2cnc([C@H](C)N(C)C(=O)[C@@H](c3ccccc3)N(C)C)[nH]2)cc1. The molecule has 0 saturated carbocycles. The zero-order chi connectivity index (χ0) is 39.9. The Morgan fingerprint density at radius 2 is 1.48 bits per heavy atom. The average Bonchev–Trinajstić information content (AvgIpc) is 4.00. The third-order valence-electron chi connectivity index (χ3n) is 10.5. The van der Waals surface area contributed by atoms with Crippen molar-refractivity contribution in [3.8, 4) is 11.3 Å². The summed E-state index contributed by atoms with van der Waals surface area (Å²) in [6, 6.07) is 26.4. The summed E-state index contributed by atoms with van der Waals surface area (Å²) in [7, 11) is 9.52. The second kappa shape index (κ2) is 17.7. The third-order valence-corrected chi connectivity index (χ3v) is 10.5. The number of carbonyl (C=O) groups excluding carboxylic acids is 2. The van der Waals surface area contributed by atoms with Gasteiger partial charge in [0.1, 0.15) is 23.7 Å². The van der Waals surface area contributed by atoms with Gasteiger partial charge in [-0.05, 0) is 83.9 Å². The van der Waals surface area contributed by atoms with Crippen molar-refractivity contribution in [1.82, 2.24) is 39.5 Å². The average molecular weight is 753 g/mol. The van der Waals surface area contributed by atoms with Crippen molar-refractivity contribution in [2.75, 3.05) is 41.8 Å². The molecule has 5 aromatic rings. The first-order valence-electron chi connectivity index (χ1n) is 18.9. The number of allylic oxidation sites excluding steroid dienone is 1. The molecule has 4 atom stereocenters. The molecule has 0 aliphatic carbocycles. The van der Waals surface area contributed by atoms with Gasteiger partial charge < -0.3 is 19.8 Å². The predicted octanol–water partition coefficient (Wildman–Crippen LogP) is 7.10. The van der Waals surface area contributed by atoms with Crippen LogP contribution in [0.2, 0.25) is 0 Å². The van der Waals surface area contributed by atoms with E-state index in [2.05, 4.69) is 31.7 Å². The number of likely N-dealkylation sites (N-methyl/N-ethyl adjacent to an activating group) is 3. The van der Waals surface area contributed by atoms with Crippen LogP contribution >= 0.6 is 0 Å². The first-order valence-corrected chi connectivity index (χ1v) is 18.9. The zero-order valence-electron chi connectivity index (χ0n) is 33.3. The molecule has 2 N–H and O–H groups in total. The maximum absolute atomic E-state index is 13.9. The van der Waals surface area contributed by atoms with Crippen LogP contribution in [0, 0.1) is 0 Å². The molecule has 0 spiro atoms. The van der Waals surface area contributed by atoms with Crippen LogP contribution in [-0.4, -0.2) is 106 Å². The van der Waals surface area contributed by atoms with Gasteiger partial charge in [-0.1, -0.05) is 84.9 Å². The number of likely N-dealkylation sites (tertiary alicyclic amines) is 1. The Labute approximate surface area is 329 Å². The van der Waals surface area contributed by atoms with Gasteiger partial charge in [-0.2, -0.15) is 0 Å². The van der Waals surface area contributed by atoms with Crippen molar-refractivity contribution < 1.29 is 9.59 Å². The second-order valence-corrected chi connectivity index (χ2v) is 14.7. The number of nitrogens with zero attached hydrogens (tertiary/aromatic N) is 8. The van der Waals surface area contributed by atoms with Crippen LogP contribution in [0.15, 0.2) is 114 Å². The summed E-state index contributed by atoms with van der Waals surface area (Å²) in [6.45, 7) is 8.39. The van der Waals surface area contributed by atoms with E-state index in [0.29, 0.717) is 18.2 Å². The number of rotatable bonds is 13. The van der Waals surface area contributed by atoms with Gasteiger partial charge in [-0.3, -0.25) is 19.4 Å². The number of hydrogen-bond donors (Lipinski definition) is 2. The molecule has 2 aromatic heterocycles. The quantitative estimate of drug-likeness (QED) is 0.0976. The summed E-state index contributed by atoms with van der Waals surface area (Å²) in [5, 5.41) is 0. The van der Waals surface area contributed by atoms with Gasteiger partial charge in [-0.15, -0.1) is 0 Å². The van der Waals surface area contributed by atoms with E-state index in [9.17, 15) is 9.59 Å². The summed E-state index contributed by atoms with van der Waals surface area (Å²) in [4.78, 5) is 60.2. The molecular formula is C44H52N10O2. The highest BCUT2D eigenvalue weighted by Gasteiger charge is 2.37. The summed E-state index contributed by atoms with van der Waals surface area (Å²) in [5.74, 6) is 2.00. The van der Waals surface area contributed by atoms with E-state index in [-0.39, 0.29) is 29.9 Å². The molecule has 12 nitrogen and oxygen atoms in total. The van der Waals surface area contributed by atoms with E-state index in [1.165, 1.54) is 0 Å². The summed E-state index contributed by atoms with van der Waals surface area (Å²) in [5.41, 5.74) is 6.19. The van der Waals surface area contributed by atoms with E-state index in [4.69, 9.17) is 4.98 Å². The number of aromatic amines is 2. The Morgan fingerprint density at radius 1 is 0.857 bits per heavy atom. The predicted molar refractivity (Wildman–Crippen MR) is 223 cm³/mol. The molecular weight excluding hydrogens is 701 g/mol. The largest absolute Gasteiger partial charge is 0.340 e. The van der Waals surface area contributed by atoms with E-state index < -0.39 is 6.04 Å². The minimum Gasteiger partial charge on any atom is -0.340 e. The lowest BCUT2D eigenvalue weighted by atomic mass is 10.0. The van der Waals surface area contributed by atoms with Crippen molar-refractivity contribution in [2.45, 2.75) is 50.9 Å². The topological polar surface area (TPSA) is 129 Å². The Kier molecular flexibility index (Phi) is 12.5. The fourth-order valence-electron chi connectivity index (χ4n) is 7.27. The number of amides is 2. The van der Waals surface area contributed by atoms with Crippen LogP contribution in [0.25, 0.3) is 16.8 Å². The van der Waals surface area contributed by atoms with Gasteiger partial charge in [0.15, 0.2) is 5.84 Å². The lowest BCUT2D eigenvalue weighted by Gasteiger charge is -2.31. The third kappa shape index (κ3) is 8.61. The number of aromatic nitrogens is 4. The number of amidine groups is 1. The molecule has 3 aromatic carbocycles. The van der Waals surface area contributed by atoms with Crippen LogP contribution in [-0.2, 0) is 9.59 Å². The van der Waals surface area contributed by atoms with Crippen LogP contribution in [0.4, 0.5) is 0 Å². The van der Waals surface area contributed by atoms with Crippen molar-refractivity contribution in [2.24, 2.45) is 9.98 Å². The monoisotopic (exact) mass is 752 g/mol.